The number of carbonyl (C=O) groups excluding carboxylic acids is 2. The monoisotopic (exact) mass is 499 g/mol. The molecule has 4 nitrogen and oxygen atoms in total. The number of likely N-dealkylation sites (N-methyl/N-ethyl adjacent to an activating group) is 1. The lowest BCUT2D eigenvalue weighted by molar-refractivity contribution is -0.146. The van der Waals surface area contributed by atoms with E-state index in [-0.39, 0.29) is 20.2 Å². The number of fused-ring (bicyclic) bond motifs is 1. The van der Waals surface area contributed by atoms with Gasteiger partial charge < -0.3 is 9.64 Å². The number of nitrogens with zero attached hydrogens (tertiary/aromatic N) is 1. The zero-order valence-corrected chi connectivity index (χ0v) is 15.5. The van der Waals surface area contributed by atoms with E-state index in [1.807, 2.05) is 24.3 Å². The molecule has 1 aromatic rings. The van der Waals surface area contributed by atoms with E-state index in [9.17, 15) is 9.59 Å². The first-order valence-electron chi connectivity index (χ1n) is 6.26. The maximum Gasteiger partial charge on any atom is 0.307 e. The molecule has 20 heavy (non-hydrogen) atoms. The molecule has 0 fully saturated rings. The number of halogens is 2. The van der Waals surface area contributed by atoms with Gasteiger partial charge in [0.2, 0.25) is 5.91 Å². The second-order valence-electron chi connectivity index (χ2n) is 4.64. The van der Waals surface area contributed by atoms with Crippen LogP contribution in [0.15, 0.2) is 24.3 Å². The molecular weight excluding hydrogens is 484 g/mol. The summed E-state index contributed by atoms with van der Waals surface area (Å²) in [6, 6.07) is 7.65. The van der Waals surface area contributed by atoms with Crippen LogP contribution in [0.3, 0.4) is 0 Å². The van der Waals surface area contributed by atoms with Crippen LogP contribution in [0.5, 0.6) is 0 Å². The molecule has 0 saturated heterocycles. The van der Waals surface area contributed by atoms with Crippen LogP contribution in [0.2, 0.25) is 0 Å². The van der Waals surface area contributed by atoms with Gasteiger partial charge in [-0.1, -0.05) is 63.4 Å². The second kappa shape index (κ2) is 6.17. The van der Waals surface area contributed by atoms with Gasteiger partial charge >= 0.3 is 5.97 Å². The van der Waals surface area contributed by atoms with Crippen molar-refractivity contribution in [2.45, 2.75) is 20.7 Å². The Labute approximate surface area is 145 Å². The van der Waals surface area contributed by atoms with Crippen LogP contribution in [0.1, 0.15) is 18.9 Å². The molecule has 0 aromatic heterocycles. The number of esters is 1. The van der Waals surface area contributed by atoms with Crippen molar-refractivity contribution in [1.82, 2.24) is 0 Å². The van der Waals surface area contributed by atoms with Crippen molar-refractivity contribution in [3.8, 4) is 0 Å². The third-order valence-corrected chi connectivity index (χ3v) is 5.66. The number of rotatable bonds is 4. The van der Waals surface area contributed by atoms with Crippen molar-refractivity contribution in [1.29, 1.82) is 0 Å². The molecule has 1 aliphatic heterocycles. The molecule has 6 heteroatoms. The number of amides is 1. The lowest BCUT2D eigenvalue weighted by Crippen LogP contribution is -2.45. The minimum absolute atomic E-state index is 0.0410. The molecule has 0 spiro atoms. The van der Waals surface area contributed by atoms with Crippen molar-refractivity contribution in [2.75, 3.05) is 18.6 Å². The first kappa shape index (κ1) is 16.0. The van der Waals surface area contributed by atoms with Gasteiger partial charge in [-0.25, -0.2) is 0 Å². The summed E-state index contributed by atoms with van der Waals surface area (Å²) in [6.07, 6.45) is 0.0809. The Morgan fingerprint density at radius 2 is 2.05 bits per heavy atom. The molecule has 1 aliphatic rings. The zero-order valence-electron chi connectivity index (χ0n) is 11.2. The molecule has 1 amide bonds. The predicted octanol–water partition coefficient (Wildman–Crippen LogP) is 3.05. The van der Waals surface area contributed by atoms with Gasteiger partial charge in [0.1, 0.15) is 5.41 Å². The van der Waals surface area contributed by atoms with Crippen LogP contribution in [-0.2, 0) is 19.7 Å². The van der Waals surface area contributed by atoms with Gasteiger partial charge in [-0.15, -0.1) is 0 Å². The number of anilines is 1. The first-order chi connectivity index (χ1) is 9.45. The van der Waals surface area contributed by atoms with Gasteiger partial charge in [0.05, 0.1) is 15.0 Å². The molecule has 0 radical (unpaired) electrons. The third-order valence-electron chi connectivity index (χ3n) is 3.53. The number of hydrogen-bond acceptors (Lipinski definition) is 3. The van der Waals surface area contributed by atoms with E-state index in [0.29, 0.717) is 6.61 Å². The summed E-state index contributed by atoms with van der Waals surface area (Å²) in [4.78, 5) is 26.4. The van der Waals surface area contributed by atoms with Crippen molar-refractivity contribution in [2.24, 2.45) is 0 Å². The highest BCUT2D eigenvalue weighted by atomic mass is 127. The highest BCUT2D eigenvalue weighted by Gasteiger charge is 2.54. The maximum absolute atomic E-state index is 12.8. The largest absolute Gasteiger partial charge is 0.466 e. The van der Waals surface area contributed by atoms with E-state index in [1.165, 1.54) is 0 Å². The van der Waals surface area contributed by atoms with Gasteiger partial charge in [-0.2, -0.15) is 0 Å². The number of para-hydroxylation sites is 1. The van der Waals surface area contributed by atoms with Crippen molar-refractivity contribution < 1.29 is 14.3 Å². The molecule has 1 aromatic carbocycles. The number of ether oxygens (including phenoxy) is 1. The van der Waals surface area contributed by atoms with Crippen LogP contribution in [0.4, 0.5) is 5.69 Å². The summed E-state index contributed by atoms with van der Waals surface area (Å²) in [6.45, 7) is 2.10. The molecule has 0 saturated carbocycles. The van der Waals surface area contributed by atoms with Crippen LogP contribution in [0, 0.1) is 0 Å². The van der Waals surface area contributed by atoms with Crippen LogP contribution < -0.4 is 4.90 Å². The standard InChI is InChI=1S/C14H15I2NO3/c1-3-20-11(18)8-14(12(15)16)9-6-4-5-7-10(9)17(2)13(14)19/h4-7,12H,3,8H2,1-2H3/t14-/m1/s1. The van der Waals surface area contributed by atoms with Gasteiger partial charge in [-0.3, -0.25) is 9.59 Å². The Bertz CT molecular complexity index is 547. The van der Waals surface area contributed by atoms with E-state index in [1.54, 1.807) is 18.9 Å². The molecule has 0 aliphatic carbocycles. The second-order valence-corrected chi connectivity index (χ2v) is 9.51. The predicted molar refractivity (Wildman–Crippen MR) is 94.6 cm³/mol. The Morgan fingerprint density at radius 3 is 2.65 bits per heavy atom. The van der Waals surface area contributed by atoms with Gasteiger partial charge in [-0.05, 0) is 18.6 Å². The SMILES string of the molecule is CCOC(=O)C[C@@]1(C(I)I)C(=O)N(C)c2ccccc21. The third kappa shape index (κ3) is 2.44. The van der Waals surface area contributed by atoms with E-state index in [0.717, 1.165) is 11.3 Å². The number of benzene rings is 1. The smallest absolute Gasteiger partial charge is 0.307 e. The van der Waals surface area contributed by atoms with E-state index in [2.05, 4.69) is 45.2 Å². The molecule has 0 unspecified atom stereocenters. The summed E-state index contributed by atoms with van der Waals surface area (Å²) in [5.74, 6) is -0.371. The minimum Gasteiger partial charge on any atom is -0.466 e. The summed E-state index contributed by atoms with van der Waals surface area (Å²) in [5, 5.41) is 0. The van der Waals surface area contributed by atoms with Gasteiger partial charge in [0, 0.05) is 12.7 Å². The summed E-state index contributed by atoms with van der Waals surface area (Å²) >= 11 is 4.43. The van der Waals surface area contributed by atoms with Crippen LogP contribution in [0.25, 0.3) is 0 Å². The Kier molecular flexibility index (Phi) is 4.93. The molecule has 2 rings (SSSR count). The van der Waals surface area contributed by atoms with E-state index < -0.39 is 5.41 Å². The van der Waals surface area contributed by atoms with Gasteiger partial charge in [0.15, 0.2) is 0 Å². The highest BCUT2D eigenvalue weighted by molar-refractivity contribution is 14.2. The lowest BCUT2D eigenvalue weighted by Gasteiger charge is -2.29. The number of carbonyl (C=O) groups is 2. The van der Waals surface area contributed by atoms with Gasteiger partial charge in [0.25, 0.3) is 0 Å². The summed E-state index contributed by atoms with van der Waals surface area (Å²) < 4.78 is 5.02. The molecule has 108 valence electrons. The maximum atomic E-state index is 12.8. The Hall–Kier alpha value is -0.380. The fourth-order valence-electron chi connectivity index (χ4n) is 2.57. The quantitative estimate of drug-likeness (QED) is 0.364. The van der Waals surface area contributed by atoms with E-state index in [4.69, 9.17) is 4.74 Å². The van der Waals surface area contributed by atoms with Crippen LogP contribution >= 0.6 is 45.2 Å². The molecule has 1 atom stereocenters. The summed E-state index contributed by atoms with van der Waals surface area (Å²) in [7, 11) is 1.75. The molecule has 1 heterocycles. The molecule has 0 N–H and O–H groups in total. The average molecular weight is 499 g/mol. The van der Waals surface area contributed by atoms with Crippen molar-refractivity contribution in [3.63, 3.8) is 0 Å². The molecular formula is C14H15I2NO3. The van der Waals surface area contributed by atoms with E-state index >= 15 is 0 Å². The fraction of sp³-hybridized carbons (Fsp3) is 0.429. The zero-order chi connectivity index (χ0) is 14.9. The normalized spacial score (nSPS) is 21.2. The van der Waals surface area contributed by atoms with Crippen LogP contribution in [-0.4, -0.2) is 27.5 Å². The fourth-order valence-corrected chi connectivity index (χ4v) is 4.21. The lowest BCUT2D eigenvalue weighted by atomic mass is 9.80. The molecule has 0 bridgehead atoms. The minimum atomic E-state index is -0.835. The van der Waals surface area contributed by atoms with Crippen molar-refractivity contribution >= 4 is 62.7 Å². The Balaban J connectivity index is 2.52. The number of hydrogen-bond donors (Lipinski definition) is 0. The summed E-state index contributed by atoms with van der Waals surface area (Å²) in [5.41, 5.74) is 0.952. The average Bonchev–Trinajstić information content (AvgIpc) is 2.63. The Morgan fingerprint density at radius 1 is 1.40 bits per heavy atom. The number of alkyl halides is 2. The van der Waals surface area contributed by atoms with Crippen molar-refractivity contribution in [3.05, 3.63) is 29.8 Å². The first-order valence-corrected chi connectivity index (χ1v) is 8.75. The highest BCUT2D eigenvalue weighted by Crippen LogP contribution is 2.50. The topological polar surface area (TPSA) is 46.6 Å².